The zero-order chi connectivity index (χ0) is 11.8. The van der Waals surface area contributed by atoms with Crippen LogP contribution in [-0.4, -0.2) is 18.2 Å². The smallest absolute Gasteiger partial charge is 0.0696 e. The molecule has 88 valence electrons. The van der Waals surface area contributed by atoms with Crippen molar-refractivity contribution in [3.8, 4) is 0 Å². The predicted molar refractivity (Wildman–Crippen MR) is 68.0 cm³/mol. The van der Waals surface area contributed by atoms with Crippen molar-refractivity contribution in [1.82, 2.24) is 0 Å². The van der Waals surface area contributed by atoms with Crippen molar-refractivity contribution >= 4 is 17.3 Å². The molecule has 1 aromatic rings. The normalized spacial score (nSPS) is 19.1. The van der Waals surface area contributed by atoms with E-state index in [1.54, 1.807) is 0 Å². The Bertz CT molecular complexity index is 390. The Balaban J connectivity index is 2.20. The van der Waals surface area contributed by atoms with Crippen LogP contribution in [-0.2, 0) is 6.61 Å². The van der Waals surface area contributed by atoms with Gasteiger partial charge < -0.3 is 10.0 Å². The Kier molecular flexibility index (Phi) is 3.13. The lowest BCUT2D eigenvalue weighted by Crippen LogP contribution is -2.22. The van der Waals surface area contributed by atoms with E-state index in [-0.39, 0.29) is 6.61 Å². The van der Waals surface area contributed by atoms with E-state index in [4.69, 9.17) is 16.7 Å². The Hall–Kier alpha value is -0.730. The first-order valence-corrected chi connectivity index (χ1v) is 6.04. The lowest BCUT2D eigenvalue weighted by molar-refractivity contribution is 0.282. The second kappa shape index (κ2) is 4.27. The number of benzene rings is 1. The number of aliphatic hydroxyl groups excluding tert-OH is 1. The molecule has 0 spiro atoms. The Morgan fingerprint density at radius 3 is 2.69 bits per heavy atom. The fourth-order valence-corrected chi connectivity index (χ4v) is 2.43. The highest BCUT2D eigenvalue weighted by molar-refractivity contribution is 6.31. The molecule has 0 aromatic heterocycles. The summed E-state index contributed by atoms with van der Waals surface area (Å²) in [6, 6.07) is 5.90. The molecule has 1 aliphatic rings. The van der Waals surface area contributed by atoms with Gasteiger partial charge in [-0.2, -0.15) is 0 Å². The zero-order valence-corrected chi connectivity index (χ0v) is 10.6. The van der Waals surface area contributed by atoms with Crippen LogP contribution < -0.4 is 4.90 Å². The van der Waals surface area contributed by atoms with Crippen molar-refractivity contribution in [3.05, 3.63) is 28.8 Å². The Morgan fingerprint density at radius 2 is 2.19 bits per heavy atom. The van der Waals surface area contributed by atoms with Crippen LogP contribution in [0.2, 0.25) is 5.02 Å². The quantitative estimate of drug-likeness (QED) is 0.858. The molecule has 1 saturated heterocycles. The number of nitrogens with zero attached hydrogens (tertiary/aromatic N) is 1. The van der Waals surface area contributed by atoms with E-state index in [2.05, 4.69) is 18.7 Å². The molecule has 1 fully saturated rings. The molecule has 0 aliphatic carbocycles. The first-order chi connectivity index (χ1) is 7.52. The molecular formula is C13H18ClNO. The third kappa shape index (κ3) is 2.33. The maximum atomic E-state index is 9.06. The van der Waals surface area contributed by atoms with Crippen LogP contribution in [0.15, 0.2) is 18.2 Å². The van der Waals surface area contributed by atoms with Crippen molar-refractivity contribution in [3.63, 3.8) is 0 Å². The Morgan fingerprint density at radius 1 is 1.44 bits per heavy atom. The summed E-state index contributed by atoms with van der Waals surface area (Å²) in [7, 11) is 0. The molecule has 1 aliphatic heterocycles. The van der Waals surface area contributed by atoms with Crippen molar-refractivity contribution in [1.29, 1.82) is 0 Å². The average Bonchev–Trinajstić information content (AvgIpc) is 2.59. The molecule has 3 heteroatoms. The van der Waals surface area contributed by atoms with Gasteiger partial charge in [-0.3, -0.25) is 0 Å². The van der Waals surface area contributed by atoms with Crippen molar-refractivity contribution < 1.29 is 5.11 Å². The third-order valence-electron chi connectivity index (χ3n) is 3.25. The topological polar surface area (TPSA) is 23.5 Å². The van der Waals surface area contributed by atoms with Gasteiger partial charge in [0, 0.05) is 23.8 Å². The molecule has 1 heterocycles. The van der Waals surface area contributed by atoms with Gasteiger partial charge >= 0.3 is 0 Å². The number of hydrogen-bond donors (Lipinski definition) is 1. The van der Waals surface area contributed by atoms with E-state index < -0.39 is 0 Å². The van der Waals surface area contributed by atoms with Gasteiger partial charge in [-0.25, -0.2) is 0 Å². The fraction of sp³-hybridized carbons (Fsp3) is 0.538. The molecule has 0 radical (unpaired) electrons. The number of hydrogen-bond acceptors (Lipinski definition) is 2. The summed E-state index contributed by atoms with van der Waals surface area (Å²) in [6.45, 7) is 6.74. The maximum absolute atomic E-state index is 9.06. The molecule has 1 aromatic carbocycles. The minimum absolute atomic E-state index is 0.00457. The standard InChI is InChI=1S/C13H18ClNO/c1-13(2)5-6-15(9-13)11-4-3-10(8-16)12(14)7-11/h3-4,7,16H,5-6,8-9H2,1-2H3. The summed E-state index contributed by atoms with van der Waals surface area (Å²) >= 11 is 6.09. The van der Waals surface area contributed by atoms with Gasteiger partial charge in [-0.1, -0.05) is 31.5 Å². The first-order valence-electron chi connectivity index (χ1n) is 5.66. The molecule has 0 unspecified atom stereocenters. The number of aliphatic hydroxyl groups is 1. The van der Waals surface area contributed by atoms with E-state index in [1.165, 1.54) is 6.42 Å². The van der Waals surface area contributed by atoms with Crippen LogP contribution in [0.3, 0.4) is 0 Å². The monoisotopic (exact) mass is 239 g/mol. The van der Waals surface area contributed by atoms with Crippen LogP contribution in [0, 0.1) is 5.41 Å². The lowest BCUT2D eigenvalue weighted by Gasteiger charge is -2.22. The molecule has 0 bridgehead atoms. The third-order valence-corrected chi connectivity index (χ3v) is 3.60. The highest BCUT2D eigenvalue weighted by Gasteiger charge is 2.29. The SMILES string of the molecule is CC1(C)CCN(c2ccc(CO)c(Cl)c2)C1. The summed E-state index contributed by atoms with van der Waals surface area (Å²) in [5, 5.41) is 9.72. The predicted octanol–water partition coefficient (Wildman–Crippen LogP) is 3.07. The maximum Gasteiger partial charge on any atom is 0.0696 e. The lowest BCUT2D eigenvalue weighted by atomic mass is 9.93. The van der Waals surface area contributed by atoms with Crippen LogP contribution in [0.1, 0.15) is 25.8 Å². The van der Waals surface area contributed by atoms with Gasteiger partial charge in [0.05, 0.1) is 6.61 Å². The van der Waals surface area contributed by atoms with E-state index in [9.17, 15) is 0 Å². The first kappa shape index (κ1) is 11.7. The number of anilines is 1. The fourth-order valence-electron chi connectivity index (χ4n) is 2.19. The molecule has 2 rings (SSSR count). The van der Waals surface area contributed by atoms with Crippen LogP contribution in [0.4, 0.5) is 5.69 Å². The van der Waals surface area contributed by atoms with E-state index in [1.807, 2.05) is 18.2 Å². The van der Waals surface area contributed by atoms with Gasteiger partial charge in [-0.05, 0) is 29.5 Å². The van der Waals surface area contributed by atoms with Crippen molar-refractivity contribution in [2.24, 2.45) is 5.41 Å². The largest absolute Gasteiger partial charge is 0.392 e. The second-order valence-electron chi connectivity index (χ2n) is 5.27. The molecule has 0 saturated carbocycles. The van der Waals surface area contributed by atoms with Gasteiger partial charge in [0.25, 0.3) is 0 Å². The highest BCUT2D eigenvalue weighted by atomic mass is 35.5. The molecule has 0 atom stereocenters. The zero-order valence-electron chi connectivity index (χ0n) is 9.83. The van der Waals surface area contributed by atoms with Gasteiger partial charge in [0.15, 0.2) is 0 Å². The second-order valence-corrected chi connectivity index (χ2v) is 5.68. The van der Waals surface area contributed by atoms with Crippen LogP contribution in [0.25, 0.3) is 0 Å². The summed E-state index contributed by atoms with van der Waals surface area (Å²) in [5.41, 5.74) is 2.35. The molecular weight excluding hydrogens is 222 g/mol. The van der Waals surface area contributed by atoms with Gasteiger partial charge in [0.2, 0.25) is 0 Å². The molecule has 0 amide bonds. The summed E-state index contributed by atoms with van der Waals surface area (Å²) in [5.74, 6) is 0. The minimum Gasteiger partial charge on any atom is -0.392 e. The summed E-state index contributed by atoms with van der Waals surface area (Å²) in [4.78, 5) is 2.35. The number of halogens is 1. The van der Waals surface area contributed by atoms with Gasteiger partial charge in [0.1, 0.15) is 0 Å². The van der Waals surface area contributed by atoms with E-state index >= 15 is 0 Å². The molecule has 1 N–H and O–H groups in total. The van der Waals surface area contributed by atoms with E-state index in [0.29, 0.717) is 10.4 Å². The number of rotatable bonds is 2. The van der Waals surface area contributed by atoms with E-state index in [0.717, 1.165) is 24.3 Å². The molecule has 16 heavy (non-hydrogen) atoms. The van der Waals surface area contributed by atoms with Gasteiger partial charge in [-0.15, -0.1) is 0 Å². The molecule has 2 nitrogen and oxygen atoms in total. The van der Waals surface area contributed by atoms with Crippen molar-refractivity contribution in [2.45, 2.75) is 26.9 Å². The minimum atomic E-state index is 0.00457. The van der Waals surface area contributed by atoms with Crippen LogP contribution >= 0.6 is 11.6 Å². The highest BCUT2D eigenvalue weighted by Crippen LogP contribution is 2.33. The Labute approximate surface area is 102 Å². The summed E-state index contributed by atoms with van der Waals surface area (Å²) in [6.07, 6.45) is 1.21. The van der Waals surface area contributed by atoms with Crippen LogP contribution in [0.5, 0.6) is 0 Å². The average molecular weight is 240 g/mol. The van der Waals surface area contributed by atoms with Crippen molar-refractivity contribution in [2.75, 3.05) is 18.0 Å². The summed E-state index contributed by atoms with van der Waals surface area (Å²) < 4.78 is 0.